The molecule has 1 amide bonds. The zero-order chi connectivity index (χ0) is 29.0. The number of hydrogen-bond donors (Lipinski definition) is 3. The number of anilines is 2. The number of piperazine rings is 1. The Kier molecular flexibility index (Phi) is 8.71. The average molecular weight is 570 g/mol. The first-order chi connectivity index (χ1) is 19.7. The normalized spacial score (nSPS) is 16.7. The highest BCUT2D eigenvalue weighted by atomic mass is 19.4. The first kappa shape index (κ1) is 28.8. The molecule has 3 N–H and O–H groups in total. The number of ether oxygens (including phenoxy) is 1. The summed E-state index contributed by atoms with van der Waals surface area (Å²) in [5.41, 5.74) is 0.527. The number of rotatable bonds is 9. The molecule has 0 bridgehead atoms. The number of aryl methyl sites for hydroxylation is 1. The van der Waals surface area contributed by atoms with Crippen LogP contribution in [0.25, 0.3) is 0 Å². The molecule has 0 unspecified atom stereocenters. The summed E-state index contributed by atoms with van der Waals surface area (Å²) in [7, 11) is 0. The van der Waals surface area contributed by atoms with Crippen molar-refractivity contribution < 1.29 is 22.7 Å². The van der Waals surface area contributed by atoms with Crippen LogP contribution in [0, 0.1) is 6.92 Å². The summed E-state index contributed by atoms with van der Waals surface area (Å²) in [5.74, 6) is 0.785. The van der Waals surface area contributed by atoms with Gasteiger partial charge in [0, 0.05) is 63.1 Å². The zero-order valence-electron chi connectivity index (χ0n) is 23.1. The number of alkyl halides is 3. The lowest BCUT2D eigenvalue weighted by atomic mass is 10.0. The molecule has 5 rings (SSSR count). The zero-order valence-corrected chi connectivity index (χ0v) is 23.1. The van der Waals surface area contributed by atoms with E-state index in [4.69, 9.17) is 4.74 Å². The van der Waals surface area contributed by atoms with Gasteiger partial charge >= 0.3 is 6.18 Å². The molecule has 2 aromatic carbocycles. The molecule has 3 aromatic rings. The quantitative estimate of drug-likeness (QED) is 0.350. The maximum absolute atomic E-state index is 14.0. The van der Waals surface area contributed by atoms with Crippen LogP contribution in [0.4, 0.5) is 24.7 Å². The maximum atomic E-state index is 14.0. The summed E-state index contributed by atoms with van der Waals surface area (Å²) in [6, 6.07) is 10.8. The Hall–Kier alpha value is -3.74. The lowest BCUT2D eigenvalue weighted by Gasteiger charge is -2.34. The van der Waals surface area contributed by atoms with Crippen LogP contribution in [-0.4, -0.2) is 77.5 Å². The maximum Gasteiger partial charge on any atom is 0.416 e. The van der Waals surface area contributed by atoms with Crippen molar-refractivity contribution in [1.82, 2.24) is 25.1 Å². The van der Waals surface area contributed by atoms with Crippen molar-refractivity contribution in [3.05, 3.63) is 71.0 Å². The fraction of sp³-hybridized carbons (Fsp3) is 0.414. The van der Waals surface area contributed by atoms with Gasteiger partial charge in [0.25, 0.3) is 5.91 Å². The van der Waals surface area contributed by atoms with E-state index in [9.17, 15) is 18.0 Å². The minimum atomic E-state index is -4.55. The van der Waals surface area contributed by atoms with Crippen LogP contribution >= 0.6 is 0 Å². The van der Waals surface area contributed by atoms with E-state index in [-0.39, 0.29) is 29.4 Å². The molecule has 2 aliphatic heterocycles. The molecule has 0 spiro atoms. The number of carbonyl (C=O) groups excluding carboxylic acids is 1. The van der Waals surface area contributed by atoms with Gasteiger partial charge in [-0.2, -0.15) is 13.2 Å². The molecule has 2 saturated heterocycles. The van der Waals surface area contributed by atoms with E-state index < -0.39 is 17.6 Å². The monoisotopic (exact) mass is 569 g/mol. The molecule has 0 radical (unpaired) electrons. The van der Waals surface area contributed by atoms with Crippen LogP contribution in [0.5, 0.6) is 11.6 Å². The predicted molar refractivity (Wildman–Crippen MR) is 150 cm³/mol. The van der Waals surface area contributed by atoms with Crippen molar-refractivity contribution >= 4 is 17.4 Å². The lowest BCUT2D eigenvalue weighted by molar-refractivity contribution is -0.138. The second kappa shape index (κ2) is 12.4. The number of amides is 1. The van der Waals surface area contributed by atoms with Crippen LogP contribution in [0.3, 0.4) is 0 Å². The number of nitrogens with zero attached hydrogens (tertiary/aromatic N) is 4. The Morgan fingerprint density at radius 2 is 1.80 bits per heavy atom. The van der Waals surface area contributed by atoms with E-state index in [1.54, 1.807) is 24.3 Å². The van der Waals surface area contributed by atoms with Gasteiger partial charge in [-0.05, 0) is 48.9 Å². The molecule has 0 saturated carbocycles. The molecule has 0 atom stereocenters. The average Bonchev–Trinajstić information content (AvgIpc) is 2.93. The van der Waals surface area contributed by atoms with E-state index >= 15 is 0 Å². The second-order valence-electron chi connectivity index (χ2n) is 10.4. The highest BCUT2D eigenvalue weighted by molar-refractivity contribution is 6.04. The molecule has 0 aliphatic carbocycles. The van der Waals surface area contributed by atoms with Crippen LogP contribution in [-0.2, 0) is 12.7 Å². The standard InChI is InChI=1S/C29H34F3N7O2/c1-3-38-8-10-39(11-9-38)17-21-6-7-22(13-24(21)29(30,31)32)37-28(40)20-5-4-19(2)25(12-20)41-27-14-26(34-18-35-27)36-23-15-33-16-23/h4-7,12-14,18,23,33H,3,8-11,15-17H2,1-2H3,(H,37,40)(H,34,35,36). The van der Waals surface area contributed by atoms with E-state index in [0.29, 0.717) is 30.5 Å². The molecule has 2 fully saturated rings. The summed E-state index contributed by atoms with van der Waals surface area (Å²) in [5, 5.41) is 9.07. The fourth-order valence-electron chi connectivity index (χ4n) is 4.80. The summed E-state index contributed by atoms with van der Waals surface area (Å²) >= 11 is 0. The van der Waals surface area contributed by atoms with E-state index in [1.807, 2.05) is 11.8 Å². The topological polar surface area (TPSA) is 94.7 Å². The van der Waals surface area contributed by atoms with Gasteiger partial charge in [0.2, 0.25) is 5.88 Å². The Bertz CT molecular complexity index is 1370. The van der Waals surface area contributed by atoms with Crippen molar-refractivity contribution in [3.8, 4) is 11.6 Å². The van der Waals surface area contributed by atoms with Crippen LogP contribution in [0.1, 0.15) is 34.0 Å². The number of halogens is 3. The largest absolute Gasteiger partial charge is 0.439 e. The molecule has 12 heteroatoms. The minimum Gasteiger partial charge on any atom is -0.439 e. The van der Waals surface area contributed by atoms with Gasteiger partial charge in [-0.25, -0.2) is 9.97 Å². The van der Waals surface area contributed by atoms with E-state index in [2.05, 4.69) is 37.7 Å². The number of likely N-dealkylation sites (N-methyl/N-ethyl adjacent to an activating group) is 1. The third-order valence-electron chi connectivity index (χ3n) is 7.42. The molecular formula is C29H34F3N7O2. The smallest absolute Gasteiger partial charge is 0.416 e. The van der Waals surface area contributed by atoms with Crippen molar-refractivity contribution in [2.45, 2.75) is 32.6 Å². The molecule has 41 heavy (non-hydrogen) atoms. The van der Waals surface area contributed by atoms with Gasteiger partial charge in [0.05, 0.1) is 11.6 Å². The SMILES string of the molecule is CCN1CCN(Cc2ccc(NC(=O)c3ccc(C)c(Oc4cc(NC5CNC5)ncn4)c3)cc2C(F)(F)F)CC1. The Balaban J connectivity index is 1.28. The third kappa shape index (κ3) is 7.32. The van der Waals surface area contributed by atoms with Crippen molar-refractivity contribution in [1.29, 1.82) is 0 Å². The van der Waals surface area contributed by atoms with Gasteiger partial charge in [-0.3, -0.25) is 9.69 Å². The lowest BCUT2D eigenvalue weighted by Crippen LogP contribution is -2.51. The van der Waals surface area contributed by atoms with Gasteiger partial charge in [-0.1, -0.05) is 19.1 Å². The molecule has 2 aliphatic rings. The first-order valence-electron chi connectivity index (χ1n) is 13.7. The Labute approximate surface area is 237 Å². The number of nitrogens with one attached hydrogen (secondary N) is 3. The Morgan fingerprint density at radius 1 is 1.05 bits per heavy atom. The number of benzene rings is 2. The summed E-state index contributed by atoms with van der Waals surface area (Å²) in [6.07, 6.45) is -3.16. The van der Waals surface area contributed by atoms with Crippen LogP contribution in [0.2, 0.25) is 0 Å². The predicted octanol–water partition coefficient (Wildman–Crippen LogP) is 4.37. The molecule has 218 valence electrons. The van der Waals surface area contributed by atoms with Gasteiger partial charge in [0.15, 0.2) is 0 Å². The first-order valence-corrected chi connectivity index (χ1v) is 13.7. The van der Waals surface area contributed by atoms with Crippen LogP contribution < -0.4 is 20.7 Å². The molecule has 9 nitrogen and oxygen atoms in total. The highest BCUT2D eigenvalue weighted by Gasteiger charge is 2.34. The highest BCUT2D eigenvalue weighted by Crippen LogP contribution is 2.35. The number of carbonyl (C=O) groups is 1. The van der Waals surface area contributed by atoms with Gasteiger partial charge in [-0.15, -0.1) is 0 Å². The Morgan fingerprint density at radius 3 is 2.49 bits per heavy atom. The number of aromatic nitrogens is 2. The van der Waals surface area contributed by atoms with Crippen molar-refractivity contribution in [2.24, 2.45) is 0 Å². The molecule has 1 aromatic heterocycles. The summed E-state index contributed by atoms with van der Waals surface area (Å²) < 4.78 is 48.0. The fourth-order valence-corrected chi connectivity index (χ4v) is 4.80. The van der Waals surface area contributed by atoms with E-state index in [1.165, 1.54) is 18.5 Å². The van der Waals surface area contributed by atoms with Gasteiger partial charge < -0.3 is 25.6 Å². The molecular weight excluding hydrogens is 535 g/mol. The summed E-state index contributed by atoms with van der Waals surface area (Å²) in [4.78, 5) is 25.7. The van der Waals surface area contributed by atoms with E-state index in [0.717, 1.165) is 44.4 Å². The molecule has 3 heterocycles. The van der Waals surface area contributed by atoms with Crippen molar-refractivity contribution in [2.75, 3.05) is 56.4 Å². The summed E-state index contributed by atoms with van der Waals surface area (Å²) in [6.45, 7) is 9.84. The van der Waals surface area contributed by atoms with Crippen molar-refractivity contribution in [3.63, 3.8) is 0 Å². The minimum absolute atomic E-state index is 0.0712. The third-order valence-corrected chi connectivity index (χ3v) is 7.42. The number of hydrogen-bond acceptors (Lipinski definition) is 8. The van der Waals surface area contributed by atoms with Crippen LogP contribution in [0.15, 0.2) is 48.8 Å². The second-order valence-corrected chi connectivity index (χ2v) is 10.4. The van der Waals surface area contributed by atoms with Gasteiger partial charge in [0.1, 0.15) is 17.9 Å².